The molecule has 0 atom stereocenters. The van der Waals surface area contributed by atoms with Crippen LogP contribution in [0, 0.1) is 0 Å². The SMILES string of the molecule is CC(C)N1NCc2c(NC3CC3)cc(-c3cccc(CN(C)CCN)c3)nc21. The molecule has 0 radical (unpaired) electrons. The fourth-order valence-corrected chi connectivity index (χ4v) is 3.76. The van der Waals surface area contributed by atoms with Crippen LogP contribution in [0.3, 0.4) is 0 Å². The Morgan fingerprint density at radius 1 is 1.32 bits per heavy atom. The quantitative estimate of drug-likeness (QED) is 0.654. The molecular formula is C22H32N6. The van der Waals surface area contributed by atoms with Gasteiger partial charge in [0, 0.05) is 55.1 Å². The number of hydrazine groups is 1. The van der Waals surface area contributed by atoms with E-state index in [1.165, 1.54) is 29.7 Å². The van der Waals surface area contributed by atoms with E-state index in [1.54, 1.807) is 0 Å². The summed E-state index contributed by atoms with van der Waals surface area (Å²) < 4.78 is 0. The van der Waals surface area contributed by atoms with Gasteiger partial charge in [0.25, 0.3) is 0 Å². The second kappa shape index (κ2) is 8.07. The molecule has 1 saturated carbocycles. The normalized spacial score (nSPS) is 16.1. The van der Waals surface area contributed by atoms with Crippen LogP contribution in [0.25, 0.3) is 11.3 Å². The molecule has 4 rings (SSSR count). The number of nitrogens with zero attached hydrogens (tertiary/aromatic N) is 3. The van der Waals surface area contributed by atoms with Crippen molar-refractivity contribution in [2.24, 2.45) is 5.73 Å². The molecule has 1 aliphatic carbocycles. The maximum absolute atomic E-state index is 5.69. The van der Waals surface area contributed by atoms with Crippen LogP contribution in [-0.4, -0.2) is 42.1 Å². The first kappa shape index (κ1) is 19.2. The average Bonchev–Trinajstić information content (AvgIpc) is 3.37. The van der Waals surface area contributed by atoms with E-state index in [9.17, 15) is 0 Å². The average molecular weight is 381 g/mol. The number of rotatable bonds is 8. The zero-order chi connectivity index (χ0) is 19.7. The Kier molecular flexibility index (Phi) is 5.53. The van der Waals surface area contributed by atoms with Crippen LogP contribution < -0.4 is 21.5 Å². The molecule has 1 fully saturated rings. The number of nitrogens with two attached hydrogens (primary N) is 1. The third kappa shape index (κ3) is 4.14. The molecule has 2 aliphatic rings. The van der Waals surface area contributed by atoms with E-state index < -0.39 is 0 Å². The van der Waals surface area contributed by atoms with Gasteiger partial charge in [-0.1, -0.05) is 18.2 Å². The molecule has 0 saturated heterocycles. The number of hydrogen-bond donors (Lipinski definition) is 3. The largest absolute Gasteiger partial charge is 0.382 e. The van der Waals surface area contributed by atoms with Gasteiger partial charge in [-0.05, 0) is 51.4 Å². The van der Waals surface area contributed by atoms with Gasteiger partial charge >= 0.3 is 0 Å². The topological polar surface area (TPSA) is 69.5 Å². The third-order valence-corrected chi connectivity index (χ3v) is 5.40. The predicted octanol–water partition coefficient (Wildman–Crippen LogP) is 2.95. The van der Waals surface area contributed by atoms with Crippen molar-refractivity contribution in [2.45, 2.75) is 51.9 Å². The summed E-state index contributed by atoms with van der Waals surface area (Å²) in [5.74, 6) is 1.06. The lowest BCUT2D eigenvalue weighted by Gasteiger charge is -2.23. The van der Waals surface area contributed by atoms with Gasteiger partial charge in [0.2, 0.25) is 0 Å². The predicted molar refractivity (Wildman–Crippen MR) is 116 cm³/mol. The number of benzene rings is 1. The summed E-state index contributed by atoms with van der Waals surface area (Å²) in [5.41, 5.74) is 15.2. The van der Waals surface area contributed by atoms with Gasteiger partial charge < -0.3 is 16.0 Å². The van der Waals surface area contributed by atoms with Crippen molar-refractivity contribution in [3.05, 3.63) is 41.5 Å². The minimum Gasteiger partial charge on any atom is -0.382 e. The fraction of sp³-hybridized carbons (Fsp3) is 0.500. The summed E-state index contributed by atoms with van der Waals surface area (Å²) in [6.07, 6.45) is 2.52. The maximum Gasteiger partial charge on any atom is 0.150 e. The van der Waals surface area contributed by atoms with E-state index in [-0.39, 0.29) is 0 Å². The summed E-state index contributed by atoms with van der Waals surface area (Å²) in [4.78, 5) is 7.31. The zero-order valence-electron chi connectivity index (χ0n) is 17.2. The molecule has 6 nitrogen and oxygen atoms in total. The van der Waals surface area contributed by atoms with Gasteiger partial charge in [0.1, 0.15) is 5.82 Å². The van der Waals surface area contributed by atoms with Crippen molar-refractivity contribution in [3.63, 3.8) is 0 Å². The number of aromatic nitrogens is 1. The van der Waals surface area contributed by atoms with Gasteiger partial charge in [-0.2, -0.15) is 0 Å². The lowest BCUT2D eigenvalue weighted by Crippen LogP contribution is -2.38. The third-order valence-electron chi connectivity index (χ3n) is 5.40. The highest BCUT2D eigenvalue weighted by molar-refractivity contribution is 5.74. The van der Waals surface area contributed by atoms with Gasteiger partial charge in [-0.3, -0.25) is 5.01 Å². The lowest BCUT2D eigenvalue weighted by atomic mass is 10.0. The van der Waals surface area contributed by atoms with Gasteiger partial charge in [-0.15, -0.1) is 0 Å². The Morgan fingerprint density at radius 3 is 2.86 bits per heavy atom. The second-order valence-electron chi connectivity index (χ2n) is 8.30. The first-order chi connectivity index (χ1) is 13.5. The summed E-state index contributed by atoms with van der Waals surface area (Å²) in [6, 6.07) is 11.9. The number of likely N-dealkylation sites (N-methyl/N-ethyl adjacent to an activating group) is 1. The molecule has 28 heavy (non-hydrogen) atoms. The Labute approximate surface area is 168 Å². The van der Waals surface area contributed by atoms with Crippen molar-refractivity contribution in [1.29, 1.82) is 0 Å². The monoisotopic (exact) mass is 380 g/mol. The molecule has 0 bridgehead atoms. The Hall–Kier alpha value is -2.15. The minimum absolute atomic E-state index is 0.356. The highest BCUT2D eigenvalue weighted by atomic mass is 15.6. The Bertz CT molecular complexity index is 830. The molecule has 1 aromatic heterocycles. The van der Waals surface area contributed by atoms with Crippen LogP contribution in [0.15, 0.2) is 30.3 Å². The zero-order valence-corrected chi connectivity index (χ0v) is 17.2. The van der Waals surface area contributed by atoms with Gasteiger partial charge in [0.15, 0.2) is 0 Å². The lowest BCUT2D eigenvalue weighted by molar-refractivity contribution is 0.336. The molecule has 4 N–H and O–H groups in total. The van der Waals surface area contributed by atoms with Crippen LogP contribution in [0.5, 0.6) is 0 Å². The first-order valence-corrected chi connectivity index (χ1v) is 10.4. The highest BCUT2D eigenvalue weighted by Crippen LogP contribution is 2.37. The van der Waals surface area contributed by atoms with Crippen LogP contribution in [0.2, 0.25) is 0 Å². The Morgan fingerprint density at radius 2 is 2.14 bits per heavy atom. The first-order valence-electron chi connectivity index (χ1n) is 10.4. The van der Waals surface area contributed by atoms with Crippen molar-refractivity contribution < 1.29 is 0 Å². The smallest absolute Gasteiger partial charge is 0.150 e. The maximum atomic E-state index is 5.69. The molecule has 0 unspecified atom stereocenters. The van der Waals surface area contributed by atoms with Crippen LogP contribution >= 0.6 is 0 Å². The van der Waals surface area contributed by atoms with E-state index in [0.717, 1.165) is 36.7 Å². The van der Waals surface area contributed by atoms with E-state index >= 15 is 0 Å². The molecule has 1 aliphatic heterocycles. The molecule has 6 heteroatoms. The summed E-state index contributed by atoms with van der Waals surface area (Å²) in [7, 11) is 2.11. The van der Waals surface area contributed by atoms with Crippen molar-refractivity contribution in [2.75, 3.05) is 30.5 Å². The fourth-order valence-electron chi connectivity index (χ4n) is 3.76. The molecule has 2 aromatic rings. The summed E-state index contributed by atoms with van der Waals surface area (Å²) >= 11 is 0. The van der Waals surface area contributed by atoms with E-state index in [4.69, 9.17) is 10.7 Å². The number of anilines is 2. The van der Waals surface area contributed by atoms with Gasteiger partial charge in [-0.25, -0.2) is 10.4 Å². The second-order valence-corrected chi connectivity index (χ2v) is 8.30. The van der Waals surface area contributed by atoms with Crippen molar-refractivity contribution >= 4 is 11.5 Å². The standard InChI is InChI=1S/C22H32N6/c1-15(2)28-22-19(13-24-28)21(25-18-7-8-18)12-20(26-22)17-6-4-5-16(11-17)14-27(3)10-9-23/h4-6,11-12,15,18,24H,7-10,13-14,23H2,1-3H3,(H,25,26). The molecule has 0 amide bonds. The molecule has 150 valence electrons. The van der Waals surface area contributed by atoms with Crippen molar-refractivity contribution in [1.82, 2.24) is 15.3 Å². The number of nitrogens with one attached hydrogen (secondary N) is 2. The van der Waals surface area contributed by atoms with Crippen LogP contribution in [0.4, 0.5) is 11.5 Å². The van der Waals surface area contributed by atoms with Crippen LogP contribution in [-0.2, 0) is 13.1 Å². The molecule has 0 spiro atoms. The van der Waals surface area contributed by atoms with E-state index in [1.807, 2.05) is 0 Å². The Balaban J connectivity index is 1.68. The summed E-state index contributed by atoms with van der Waals surface area (Å²) in [6.45, 7) is 7.68. The molecule has 1 aromatic carbocycles. The van der Waals surface area contributed by atoms with Crippen LogP contribution in [0.1, 0.15) is 37.8 Å². The number of fused-ring (bicyclic) bond motifs is 1. The number of hydrogen-bond acceptors (Lipinski definition) is 6. The molecule has 2 heterocycles. The minimum atomic E-state index is 0.356. The number of pyridine rings is 1. The van der Waals surface area contributed by atoms with Gasteiger partial charge in [0.05, 0.1) is 5.69 Å². The van der Waals surface area contributed by atoms with Crippen molar-refractivity contribution in [3.8, 4) is 11.3 Å². The summed E-state index contributed by atoms with van der Waals surface area (Å²) in [5, 5.41) is 5.91. The highest BCUT2D eigenvalue weighted by Gasteiger charge is 2.29. The van der Waals surface area contributed by atoms with E-state index in [0.29, 0.717) is 18.6 Å². The van der Waals surface area contributed by atoms with E-state index in [2.05, 4.69) is 71.9 Å². The molecular weight excluding hydrogens is 348 g/mol.